The van der Waals surface area contributed by atoms with Crippen LogP contribution >= 0.6 is 11.6 Å². The zero-order valence-corrected chi connectivity index (χ0v) is 16.4. The smallest absolute Gasteiger partial charge is 0.246 e. The van der Waals surface area contributed by atoms with E-state index in [4.69, 9.17) is 11.6 Å². The first-order chi connectivity index (χ1) is 14.2. The quantitative estimate of drug-likeness (QED) is 0.489. The van der Waals surface area contributed by atoms with E-state index < -0.39 is 0 Å². The van der Waals surface area contributed by atoms with Gasteiger partial charge in [-0.25, -0.2) is 4.98 Å². The van der Waals surface area contributed by atoms with Gasteiger partial charge in [-0.3, -0.25) is 13.6 Å². The number of fused-ring (bicyclic) bond motifs is 2. The Balaban J connectivity index is 1.36. The van der Waals surface area contributed by atoms with Crippen LogP contribution in [0.15, 0.2) is 54.9 Å². The maximum atomic E-state index is 12.8. The Morgan fingerprint density at radius 2 is 1.86 bits per heavy atom. The molecule has 5 rings (SSSR count). The van der Waals surface area contributed by atoms with Crippen molar-refractivity contribution in [1.29, 1.82) is 0 Å². The lowest BCUT2D eigenvalue weighted by atomic mass is 9.97. The van der Waals surface area contributed by atoms with Gasteiger partial charge in [0, 0.05) is 37.5 Å². The Labute approximate surface area is 172 Å². The molecular formula is C21H19ClN6O. The predicted molar refractivity (Wildman–Crippen MR) is 111 cm³/mol. The highest BCUT2D eigenvalue weighted by molar-refractivity contribution is 6.31. The monoisotopic (exact) mass is 406 g/mol. The molecule has 0 radical (unpaired) electrons. The van der Waals surface area contributed by atoms with Gasteiger partial charge in [-0.2, -0.15) is 0 Å². The minimum Gasteiger partial charge on any atom is -0.338 e. The molecule has 1 unspecified atom stereocenters. The van der Waals surface area contributed by atoms with Crippen molar-refractivity contribution in [2.24, 2.45) is 0 Å². The minimum atomic E-state index is -0.0366. The van der Waals surface area contributed by atoms with Crippen molar-refractivity contribution < 1.29 is 4.79 Å². The van der Waals surface area contributed by atoms with Gasteiger partial charge in [0.1, 0.15) is 11.5 Å². The number of imidazole rings is 1. The SMILES string of the molecule is O=C(/C=C/c1c(Cl)nc2ccccn12)N1CCCC(c2nnc3ccccn23)C1. The number of pyridine rings is 2. The number of hydrogen-bond donors (Lipinski definition) is 0. The van der Waals surface area contributed by atoms with Crippen molar-refractivity contribution in [3.8, 4) is 0 Å². The molecule has 0 spiro atoms. The molecule has 1 atom stereocenters. The fourth-order valence-electron chi connectivity index (χ4n) is 3.92. The number of carbonyl (C=O) groups excluding carboxylic acids is 1. The van der Waals surface area contributed by atoms with Gasteiger partial charge in [0.15, 0.2) is 10.8 Å². The predicted octanol–water partition coefficient (Wildman–Crippen LogP) is 3.45. The fraction of sp³-hybridized carbons (Fsp3) is 0.238. The van der Waals surface area contributed by atoms with E-state index in [2.05, 4.69) is 15.2 Å². The molecule has 1 aliphatic heterocycles. The van der Waals surface area contributed by atoms with Crippen molar-refractivity contribution in [2.75, 3.05) is 13.1 Å². The third kappa shape index (κ3) is 3.27. The van der Waals surface area contributed by atoms with Crippen LogP contribution in [0.3, 0.4) is 0 Å². The summed E-state index contributed by atoms with van der Waals surface area (Å²) < 4.78 is 3.88. The Kier molecular flexibility index (Phi) is 4.52. The number of hydrogen-bond acceptors (Lipinski definition) is 4. The maximum absolute atomic E-state index is 12.8. The van der Waals surface area contributed by atoms with E-state index in [-0.39, 0.29) is 11.8 Å². The Morgan fingerprint density at radius 3 is 2.72 bits per heavy atom. The van der Waals surface area contributed by atoms with Crippen LogP contribution in [-0.2, 0) is 4.79 Å². The van der Waals surface area contributed by atoms with E-state index in [0.717, 1.165) is 36.5 Å². The summed E-state index contributed by atoms with van der Waals surface area (Å²) in [5.41, 5.74) is 2.28. The summed E-state index contributed by atoms with van der Waals surface area (Å²) in [4.78, 5) is 19.0. The van der Waals surface area contributed by atoms with Gasteiger partial charge in [0.2, 0.25) is 5.91 Å². The normalized spacial score (nSPS) is 17.6. The maximum Gasteiger partial charge on any atom is 0.246 e. The standard InChI is InChI=1S/C21H19ClN6O/c22-20-16(27-12-3-1-7-17(27)23-20)9-10-19(29)26-11-5-6-15(14-26)21-25-24-18-8-2-4-13-28(18)21/h1-4,7-10,12-13,15H,5-6,11,14H2/b10-9+. The number of rotatable bonds is 3. The zero-order chi connectivity index (χ0) is 19.8. The summed E-state index contributed by atoms with van der Waals surface area (Å²) in [5.74, 6) is 1.04. The van der Waals surface area contributed by atoms with Crippen LogP contribution in [0.25, 0.3) is 17.4 Å². The molecule has 29 heavy (non-hydrogen) atoms. The molecule has 0 aliphatic carbocycles. The number of aromatic nitrogens is 5. The van der Waals surface area contributed by atoms with Crippen molar-refractivity contribution in [1.82, 2.24) is 28.9 Å². The molecule has 4 aromatic heterocycles. The van der Waals surface area contributed by atoms with Crippen molar-refractivity contribution >= 4 is 34.9 Å². The largest absolute Gasteiger partial charge is 0.338 e. The van der Waals surface area contributed by atoms with Crippen LogP contribution in [0.1, 0.15) is 30.3 Å². The Hall–Kier alpha value is -3.19. The lowest BCUT2D eigenvalue weighted by Crippen LogP contribution is -2.38. The third-order valence-corrected chi connectivity index (χ3v) is 5.62. The van der Waals surface area contributed by atoms with Crippen LogP contribution in [0.2, 0.25) is 5.15 Å². The average Bonchev–Trinajstić information content (AvgIpc) is 3.32. The Morgan fingerprint density at radius 1 is 1.07 bits per heavy atom. The van der Waals surface area contributed by atoms with Crippen molar-refractivity contribution in [3.05, 3.63) is 71.5 Å². The van der Waals surface area contributed by atoms with Gasteiger partial charge in [-0.05, 0) is 43.2 Å². The molecule has 146 valence electrons. The number of piperidine rings is 1. The van der Waals surface area contributed by atoms with Gasteiger partial charge in [-0.15, -0.1) is 10.2 Å². The fourth-order valence-corrected chi connectivity index (χ4v) is 4.16. The molecule has 0 aromatic carbocycles. The van der Waals surface area contributed by atoms with E-state index >= 15 is 0 Å². The van der Waals surface area contributed by atoms with Crippen LogP contribution < -0.4 is 0 Å². The molecule has 0 N–H and O–H groups in total. The van der Waals surface area contributed by atoms with Gasteiger partial charge in [-0.1, -0.05) is 23.7 Å². The average molecular weight is 407 g/mol. The lowest BCUT2D eigenvalue weighted by Gasteiger charge is -2.31. The third-order valence-electron chi connectivity index (χ3n) is 5.34. The lowest BCUT2D eigenvalue weighted by molar-refractivity contribution is -0.127. The van der Waals surface area contributed by atoms with E-state index in [1.807, 2.05) is 62.5 Å². The summed E-state index contributed by atoms with van der Waals surface area (Å²) >= 11 is 6.26. The molecule has 5 heterocycles. The number of likely N-dealkylation sites (tertiary alicyclic amines) is 1. The highest BCUT2D eigenvalue weighted by Crippen LogP contribution is 2.26. The van der Waals surface area contributed by atoms with E-state index in [0.29, 0.717) is 17.4 Å². The van der Waals surface area contributed by atoms with E-state index in [1.54, 1.807) is 12.2 Å². The van der Waals surface area contributed by atoms with Crippen LogP contribution in [0, 0.1) is 0 Å². The molecule has 1 fully saturated rings. The van der Waals surface area contributed by atoms with E-state index in [9.17, 15) is 4.79 Å². The second-order valence-corrected chi connectivity index (χ2v) is 7.52. The number of halogens is 1. The van der Waals surface area contributed by atoms with E-state index in [1.165, 1.54) is 0 Å². The summed E-state index contributed by atoms with van der Waals surface area (Å²) in [5, 5.41) is 9.00. The summed E-state index contributed by atoms with van der Waals surface area (Å²) in [6.07, 6.45) is 9.09. The van der Waals surface area contributed by atoms with Crippen LogP contribution in [0.5, 0.6) is 0 Å². The molecule has 7 nitrogen and oxygen atoms in total. The first-order valence-electron chi connectivity index (χ1n) is 9.60. The summed E-state index contributed by atoms with van der Waals surface area (Å²) in [6, 6.07) is 11.5. The molecule has 4 aromatic rings. The first kappa shape index (κ1) is 17.9. The highest BCUT2D eigenvalue weighted by Gasteiger charge is 2.27. The molecule has 0 saturated carbocycles. The number of nitrogens with zero attached hydrogens (tertiary/aromatic N) is 6. The highest BCUT2D eigenvalue weighted by atomic mass is 35.5. The summed E-state index contributed by atoms with van der Waals surface area (Å²) in [6.45, 7) is 1.36. The Bertz CT molecular complexity index is 1230. The summed E-state index contributed by atoms with van der Waals surface area (Å²) in [7, 11) is 0. The molecule has 1 amide bonds. The van der Waals surface area contributed by atoms with Crippen molar-refractivity contribution in [3.63, 3.8) is 0 Å². The number of amides is 1. The zero-order valence-electron chi connectivity index (χ0n) is 15.6. The van der Waals surface area contributed by atoms with Gasteiger partial charge in [0.05, 0.1) is 5.69 Å². The van der Waals surface area contributed by atoms with Crippen LogP contribution in [-0.4, -0.2) is 47.9 Å². The van der Waals surface area contributed by atoms with Crippen LogP contribution in [0.4, 0.5) is 0 Å². The van der Waals surface area contributed by atoms with Gasteiger partial charge >= 0.3 is 0 Å². The van der Waals surface area contributed by atoms with Crippen molar-refractivity contribution in [2.45, 2.75) is 18.8 Å². The molecule has 8 heteroatoms. The van der Waals surface area contributed by atoms with Gasteiger partial charge < -0.3 is 4.90 Å². The second-order valence-electron chi connectivity index (χ2n) is 7.16. The first-order valence-corrected chi connectivity index (χ1v) is 9.98. The number of carbonyl (C=O) groups is 1. The minimum absolute atomic E-state index is 0.0366. The molecule has 0 bridgehead atoms. The van der Waals surface area contributed by atoms with Gasteiger partial charge in [0.25, 0.3) is 0 Å². The molecule has 1 saturated heterocycles. The molecule has 1 aliphatic rings. The molecular weight excluding hydrogens is 388 g/mol. The second kappa shape index (κ2) is 7.33. The topological polar surface area (TPSA) is 67.8 Å².